The van der Waals surface area contributed by atoms with E-state index in [9.17, 15) is 18.4 Å². The third-order valence-electron chi connectivity index (χ3n) is 4.14. The van der Waals surface area contributed by atoms with Gasteiger partial charge in [-0.25, -0.2) is 13.6 Å². The van der Waals surface area contributed by atoms with Crippen molar-refractivity contribution in [2.45, 2.75) is 44.6 Å². The summed E-state index contributed by atoms with van der Waals surface area (Å²) in [4.78, 5) is 24.4. The van der Waals surface area contributed by atoms with Gasteiger partial charge in [0, 0.05) is 11.6 Å². The summed E-state index contributed by atoms with van der Waals surface area (Å²) in [5.74, 6) is -2.54. The molecule has 1 saturated carbocycles. The molecule has 6 heteroatoms. The van der Waals surface area contributed by atoms with E-state index in [0.717, 1.165) is 43.5 Å². The number of halogens is 2. The number of carbonyl (C=O) groups is 2. The standard InChI is InChI=1S/C18H21F2NO3/c1-2-24-17(23)18(11-4-3-5-12-18)21-16(22)10-9-13-14(19)7-6-8-15(13)20/h6-10H,2-5,11-12H2,1H3,(H,21,22). The molecule has 2 rings (SSSR count). The van der Waals surface area contributed by atoms with Crippen LogP contribution in [0.4, 0.5) is 8.78 Å². The van der Waals surface area contributed by atoms with Gasteiger partial charge in [0.15, 0.2) is 0 Å². The molecule has 130 valence electrons. The number of hydrogen-bond acceptors (Lipinski definition) is 3. The summed E-state index contributed by atoms with van der Waals surface area (Å²) in [5, 5.41) is 2.68. The van der Waals surface area contributed by atoms with Gasteiger partial charge in [-0.05, 0) is 38.0 Å². The van der Waals surface area contributed by atoms with Crippen molar-refractivity contribution in [1.29, 1.82) is 0 Å². The Hall–Kier alpha value is -2.24. The van der Waals surface area contributed by atoms with Gasteiger partial charge in [-0.15, -0.1) is 0 Å². The normalized spacial score (nSPS) is 16.8. The Labute approximate surface area is 139 Å². The van der Waals surface area contributed by atoms with Gasteiger partial charge in [-0.1, -0.05) is 25.3 Å². The molecule has 0 aliphatic heterocycles. The average molecular weight is 337 g/mol. The topological polar surface area (TPSA) is 55.4 Å². The maximum absolute atomic E-state index is 13.6. The minimum absolute atomic E-state index is 0.229. The number of ether oxygens (including phenoxy) is 1. The zero-order valence-electron chi connectivity index (χ0n) is 13.6. The molecule has 1 aliphatic carbocycles. The van der Waals surface area contributed by atoms with Gasteiger partial charge in [-0.2, -0.15) is 0 Å². The Morgan fingerprint density at radius 1 is 1.21 bits per heavy atom. The van der Waals surface area contributed by atoms with Crippen LogP contribution in [0.15, 0.2) is 24.3 Å². The molecule has 0 bridgehead atoms. The summed E-state index contributed by atoms with van der Waals surface area (Å²) in [5.41, 5.74) is -1.34. The van der Waals surface area contributed by atoms with E-state index in [-0.39, 0.29) is 12.2 Å². The lowest BCUT2D eigenvalue weighted by molar-refractivity contribution is -0.154. The second-order valence-corrected chi connectivity index (χ2v) is 5.82. The second-order valence-electron chi connectivity index (χ2n) is 5.82. The first-order valence-electron chi connectivity index (χ1n) is 8.10. The molecule has 1 fully saturated rings. The van der Waals surface area contributed by atoms with Crippen molar-refractivity contribution in [1.82, 2.24) is 5.32 Å². The lowest BCUT2D eigenvalue weighted by Gasteiger charge is -2.35. The number of carbonyl (C=O) groups excluding carboxylic acids is 2. The highest BCUT2D eigenvalue weighted by Gasteiger charge is 2.41. The van der Waals surface area contributed by atoms with Crippen LogP contribution in [-0.2, 0) is 14.3 Å². The van der Waals surface area contributed by atoms with Crippen LogP contribution in [0.3, 0.4) is 0 Å². The monoisotopic (exact) mass is 337 g/mol. The van der Waals surface area contributed by atoms with Crippen LogP contribution in [0.2, 0.25) is 0 Å². The Kier molecular flexibility index (Phi) is 6.06. The fraction of sp³-hybridized carbons (Fsp3) is 0.444. The number of benzene rings is 1. The van der Waals surface area contributed by atoms with E-state index in [1.54, 1.807) is 6.92 Å². The second kappa shape index (κ2) is 8.04. The zero-order valence-corrected chi connectivity index (χ0v) is 13.6. The Morgan fingerprint density at radius 3 is 2.42 bits per heavy atom. The van der Waals surface area contributed by atoms with E-state index in [0.29, 0.717) is 12.8 Å². The number of esters is 1. The first kappa shape index (κ1) is 18.1. The van der Waals surface area contributed by atoms with E-state index in [1.807, 2.05) is 0 Å². The van der Waals surface area contributed by atoms with Crippen molar-refractivity contribution in [2.75, 3.05) is 6.61 Å². The molecule has 1 aliphatic rings. The molecule has 24 heavy (non-hydrogen) atoms. The van der Waals surface area contributed by atoms with Gasteiger partial charge in [0.25, 0.3) is 0 Å². The minimum Gasteiger partial charge on any atom is -0.464 e. The Morgan fingerprint density at radius 2 is 1.83 bits per heavy atom. The molecule has 0 radical (unpaired) electrons. The van der Waals surface area contributed by atoms with E-state index in [1.165, 1.54) is 6.07 Å². The molecule has 4 nitrogen and oxygen atoms in total. The largest absolute Gasteiger partial charge is 0.464 e. The van der Waals surface area contributed by atoms with Crippen molar-refractivity contribution in [3.05, 3.63) is 41.5 Å². The molecule has 0 heterocycles. The van der Waals surface area contributed by atoms with E-state index in [2.05, 4.69) is 5.32 Å². The van der Waals surface area contributed by atoms with E-state index < -0.39 is 29.0 Å². The predicted octanol–water partition coefficient (Wildman–Crippen LogP) is 3.36. The molecular weight excluding hydrogens is 316 g/mol. The molecular formula is C18H21F2NO3. The summed E-state index contributed by atoms with van der Waals surface area (Å²) >= 11 is 0. The van der Waals surface area contributed by atoms with Crippen LogP contribution in [0.1, 0.15) is 44.6 Å². The van der Waals surface area contributed by atoms with Crippen LogP contribution >= 0.6 is 0 Å². The quantitative estimate of drug-likeness (QED) is 0.662. The summed E-state index contributed by atoms with van der Waals surface area (Å²) in [6.45, 7) is 1.93. The fourth-order valence-corrected chi connectivity index (χ4v) is 2.91. The molecule has 0 unspecified atom stereocenters. The van der Waals surface area contributed by atoms with Crippen LogP contribution < -0.4 is 5.32 Å². The SMILES string of the molecule is CCOC(=O)C1(NC(=O)C=Cc2c(F)cccc2F)CCCCC1. The van der Waals surface area contributed by atoms with E-state index in [4.69, 9.17) is 4.74 Å². The summed E-state index contributed by atoms with van der Waals surface area (Å²) in [7, 11) is 0. The predicted molar refractivity (Wildman–Crippen MR) is 86.0 cm³/mol. The number of hydrogen-bond donors (Lipinski definition) is 1. The van der Waals surface area contributed by atoms with Gasteiger partial charge < -0.3 is 10.1 Å². The van der Waals surface area contributed by atoms with Crippen LogP contribution in [0.5, 0.6) is 0 Å². The highest BCUT2D eigenvalue weighted by atomic mass is 19.1. The van der Waals surface area contributed by atoms with Gasteiger partial charge in [-0.3, -0.25) is 4.79 Å². The molecule has 0 spiro atoms. The molecule has 0 aromatic heterocycles. The maximum atomic E-state index is 13.6. The lowest BCUT2D eigenvalue weighted by atomic mass is 9.81. The van der Waals surface area contributed by atoms with Gasteiger partial charge in [0.05, 0.1) is 6.61 Å². The van der Waals surface area contributed by atoms with Gasteiger partial charge in [0.2, 0.25) is 5.91 Å². The molecule has 1 N–H and O–H groups in total. The van der Waals surface area contributed by atoms with Crippen LogP contribution in [0.25, 0.3) is 6.08 Å². The van der Waals surface area contributed by atoms with Crippen molar-refractivity contribution in [3.8, 4) is 0 Å². The summed E-state index contributed by atoms with van der Waals surface area (Å²) in [6.07, 6.45) is 5.72. The first-order valence-corrected chi connectivity index (χ1v) is 8.10. The summed E-state index contributed by atoms with van der Waals surface area (Å²) < 4.78 is 32.2. The Balaban J connectivity index is 2.13. The lowest BCUT2D eigenvalue weighted by Crippen LogP contribution is -2.56. The molecule has 1 aromatic carbocycles. The van der Waals surface area contributed by atoms with Gasteiger partial charge >= 0.3 is 5.97 Å². The molecule has 0 saturated heterocycles. The first-order chi connectivity index (χ1) is 11.5. The maximum Gasteiger partial charge on any atom is 0.331 e. The molecule has 1 amide bonds. The fourth-order valence-electron chi connectivity index (χ4n) is 2.91. The number of nitrogens with one attached hydrogen (secondary N) is 1. The van der Waals surface area contributed by atoms with Crippen LogP contribution in [-0.4, -0.2) is 24.0 Å². The van der Waals surface area contributed by atoms with Crippen molar-refractivity contribution >= 4 is 18.0 Å². The van der Waals surface area contributed by atoms with Crippen molar-refractivity contribution in [2.24, 2.45) is 0 Å². The third-order valence-corrected chi connectivity index (χ3v) is 4.14. The minimum atomic E-state index is -1.05. The van der Waals surface area contributed by atoms with Crippen molar-refractivity contribution in [3.63, 3.8) is 0 Å². The number of amides is 1. The van der Waals surface area contributed by atoms with E-state index >= 15 is 0 Å². The highest BCUT2D eigenvalue weighted by Crippen LogP contribution is 2.29. The van der Waals surface area contributed by atoms with Crippen LogP contribution in [0, 0.1) is 11.6 Å². The zero-order chi connectivity index (χ0) is 17.6. The van der Waals surface area contributed by atoms with Crippen molar-refractivity contribution < 1.29 is 23.1 Å². The molecule has 1 aromatic rings. The highest BCUT2D eigenvalue weighted by molar-refractivity contribution is 5.96. The molecule has 0 atom stereocenters. The summed E-state index contributed by atoms with van der Waals surface area (Å²) in [6, 6.07) is 3.48. The Bertz CT molecular complexity index is 617. The third kappa shape index (κ3) is 4.19. The average Bonchev–Trinajstić information content (AvgIpc) is 2.55. The smallest absolute Gasteiger partial charge is 0.331 e. The number of rotatable bonds is 5. The van der Waals surface area contributed by atoms with Gasteiger partial charge in [0.1, 0.15) is 17.2 Å².